The maximum atomic E-state index is 11.6. The molecule has 0 aromatic heterocycles. The van der Waals surface area contributed by atoms with Crippen LogP contribution < -0.4 is 0 Å². The zero-order chi connectivity index (χ0) is 20.5. The van der Waals surface area contributed by atoms with Crippen LogP contribution in [0.1, 0.15) is 59.8 Å². The largest absolute Gasteiger partial charge is 0.462 e. The summed E-state index contributed by atoms with van der Waals surface area (Å²) >= 11 is 0. The van der Waals surface area contributed by atoms with Crippen LogP contribution in [0.2, 0.25) is 0 Å². The Hall–Kier alpha value is -2.09. The van der Waals surface area contributed by atoms with Crippen molar-refractivity contribution in [3.05, 3.63) is 23.8 Å². The first kappa shape index (κ1) is 20.6. The normalized spacial score (nSPS) is 39.5. The summed E-state index contributed by atoms with van der Waals surface area (Å²) < 4.78 is 11.0. The molecule has 28 heavy (non-hydrogen) atoms. The lowest BCUT2D eigenvalue weighted by Gasteiger charge is -2.55. The number of carbonyl (C=O) groups is 2. The molecule has 0 aromatic carbocycles. The molecule has 3 aliphatic carbocycles. The third kappa shape index (κ3) is 3.50. The summed E-state index contributed by atoms with van der Waals surface area (Å²) in [6, 6.07) is 2.13. The number of nitriles is 1. The monoisotopic (exact) mass is 385 g/mol. The number of carbonyl (C=O) groups excluding carboxylic acids is 2. The van der Waals surface area contributed by atoms with Gasteiger partial charge >= 0.3 is 11.9 Å². The van der Waals surface area contributed by atoms with Crippen LogP contribution in [0.3, 0.4) is 0 Å². The van der Waals surface area contributed by atoms with Crippen molar-refractivity contribution >= 4 is 11.9 Å². The van der Waals surface area contributed by atoms with Crippen LogP contribution in [-0.4, -0.2) is 24.6 Å². The lowest BCUT2D eigenvalue weighted by Crippen LogP contribution is -2.50. The SMILES string of the molecule is CC(=O)OCC1=CCC2C(CCC3(C)C(OC(C)=O)CCC23)C1(C)/C=C/C#N. The average molecular weight is 386 g/mol. The van der Waals surface area contributed by atoms with E-state index in [9.17, 15) is 9.59 Å². The average Bonchev–Trinajstić information content (AvgIpc) is 2.95. The molecule has 6 unspecified atom stereocenters. The predicted molar refractivity (Wildman–Crippen MR) is 105 cm³/mol. The Labute approximate surface area is 167 Å². The first-order chi connectivity index (χ1) is 13.2. The number of allylic oxidation sites excluding steroid dienone is 3. The molecule has 0 saturated heterocycles. The molecule has 0 N–H and O–H groups in total. The molecular weight excluding hydrogens is 354 g/mol. The van der Waals surface area contributed by atoms with Gasteiger partial charge in [0.15, 0.2) is 0 Å². The van der Waals surface area contributed by atoms with Crippen molar-refractivity contribution in [1.82, 2.24) is 0 Å². The molecule has 2 saturated carbocycles. The lowest BCUT2D eigenvalue weighted by atomic mass is 9.50. The van der Waals surface area contributed by atoms with Gasteiger partial charge in [0.2, 0.25) is 0 Å². The topological polar surface area (TPSA) is 76.4 Å². The van der Waals surface area contributed by atoms with E-state index < -0.39 is 0 Å². The van der Waals surface area contributed by atoms with Crippen LogP contribution >= 0.6 is 0 Å². The van der Waals surface area contributed by atoms with Gasteiger partial charge in [0.25, 0.3) is 0 Å². The summed E-state index contributed by atoms with van der Waals surface area (Å²) in [5.74, 6) is 0.890. The molecule has 5 nitrogen and oxygen atoms in total. The van der Waals surface area contributed by atoms with Crippen molar-refractivity contribution in [1.29, 1.82) is 5.26 Å². The summed E-state index contributed by atoms with van der Waals surface area (Å²) in [6.07, 6.45) is 10.8. The molecule has 3 rings (SSSR count). The highest BCUT2D eigenvalue weighted by Crippen LogP contribution is 2.63. The molecule has 2 fully saturated rings. The maximum absolute atomic E-state index is 11.6. The van der Waals surface area contributed by atoms with Crippen LogP contribution in [0.25, 0.3) is 0 Å². The van der Waals surface area contributed by atoms with Gasteiger partial charge in [0, 0.05) is 30.8 Å². The minimum atomic E-state index is -0.297. The highest BCUT2D eigenvalue weighted by molar-refractivity contribution is 5.66. The van der Waals surface area contributed by atoms with Crippen LogP contribution in [0.15, 0.2) is 23.8 Å². The third-order valence-electron chi connectivity index (χ3n) is 7.69. The summed E-state index contributed by atoms with van der Waals surface area (Å²) in [4.78, 5) is 22.9. The molecule has 0 heterocycles. The first-order valence-electron chi connectivity index (χ1n) is 10.3. The van der Waals surface area contributed by atoms with Crippen molar-refractivity contribution in [2.45, 2.75) is 65.9 Å². The molecule has 6 atom stereocenters. The van der Waals surface area contributed by atoms with Crippen LogP contribution in [0.4, 0.5) is 0 Å². The molecule has 0 spiro atoms. The van der Waals surface area contributed by atoms with Gasteiger partial charge in [0.05, 0.1) is 6.07 Å². The second kappa shape index (κ2) is 7.73. The molecule has 0 aromatic rings. The number of ether oxygens (including phenoxy) is 2. The van der Waals surface area contributed by atoms with Crippen LogP contribution in [0.5, 0.6) is 0 Å². The van der Waals surface area contributed by atoms with Gasteiger partial charge in [-0.25, -0.2) is 0 Å². The van der Waals surface area contributed by atoms with Gasteiger partial charge in [-0.05, 0) is 55.4 Å². The fraction of sp³-hybridized carbons (Fsp3) is 0.696. The summed E-state index contributed by atoms with van der Waals surface area (Å²) in [7, 11) is 0. The molecule has 0 aliphatic heterocycles. The van der Waals surface area contributed by atoms with E-state index in [-0.39, 0.29) is 35.5 Å². The van der Waals surface area contributed by atoms with E-state index in [1.54, 1.807) is 6.08 Å². The zero-order valence-corrected chi connectivity index (χ0v) is 17.4. The molecule has 152 valence electrons. The Morgan fingerprint density at radius 3 is 2.61 bits per heavy atom. The first-order valence-corrected chi connectivity index (χ1v) is 10.3. The van der Waals surface area contributed by atoms with E-state index in [4.69, 9.17) is 14.7 Å². The van der Waals surface area contributed by atoms with Crippen molar-refractivity contribution in [2.75, 3.05) is 6.61 Å². The van der Waals surface area contributed by atoms with Gasteiger partial charge in [-0.2, -0.15) is 5.26 Å². The third-order valence-corrected chi connectivity index (χ3v) is 7.69. The quantitative estimate of drug-likeness (QED) is 0.409. The number of fused-ring (bicyclic) bond motifs is 3. The Morgan fingerprint density at radius 2 is 1.96 bits per heavy atom. The van der Waals surface area contributed by atoms with E-state index >= 15 is 0 Å². The Balaban J connectivity index is 1.91. The molecule has 0 amide bonds. The standard InChI is InChI=1S/C23H31NO4/c1-15(25)27-14-17-6-7-18-19-8-9-21(28-16(2)26)23(19,4)12-10-20(18)22(17,3)11-5-13-24/h5-6,11,18-21H,7-10,12,14H2,1-4H3/b11-5+. The fourth-order valence-electron chi connectivity index (χ4n) is 6.28. The Morgan fingerprint density at radius 1 is 1.21 bits per heavy atom. The minimum absolute atomic E-state index is 0.00304. The van der Waals surface area contributed by atoms with E-state index in [0.717, 1.165) is 37.7 Å². The second-order valence-electron chi connectivity index (χ2n) is 9.09. The van der Waals surface area contributed by atoms with E-state index in [0.29, 0.717) is 17.8 Å². The van der Waals surface area contributed by atoms with Crippen molar-refractivity contribution in [3.8, 4) is 6.07 Å². The Kier molecular flexibility index (Phi) is 5.70. The zero-order valence-electron chi connectivity index (χ0n) is 17.4. The van der Waals surface area contributed by atoms with E-state index in [1.807, 2.05) is 6.08 Å². The van der Waals surface area contributed by atoms with Gasteiger partial charge in [-0.1, -0.05) is 26.0 Å². The lowest BCUT2D eigenvalue weighted by molar-refractivity contribution is -0.156. The van der Waals surface area contributed by atoms with Crippen molar-refractivity contribution in [3.63, 3.8) is 0 Å². The predicted octanol–water partition coefficient (Wildman–Crippen LogP) is 4.34. The Bertz CT molecular complexity index is 748. The molecular formula is C23H31NO4. The number of hydrogen-bond acceptors (Lipinski definition) is 5. The summed E-state index contributed by atoms with van der Waals surface area (Å²) in [5, 5.41) is 9.13. The highest BCUT2D eigenvalue weighted by Gasteiger charge is 2.58. The van der Waals surface area contributed by atoms with Gasteiger partial charge in [0.1, 0.15) is 12.7 Å². The molecule has 0 radical (unpaired) electrons. The fourth-order valence-corrected chi connectivity index (χ4v) is 6.28. The van der Waals surface area contributed by atoms with Gasteiger partial charge in [-0.3, -0.25) is 9.59 Å². The van der Waals surface area contributed by atoms with E-state index in [1.165, 1.54) is 13.8 Å². The number of rotatable bonds is 4. The molecule has 0 bridgehead atoms. The maximum Gasteiger partial charge on any atom is 0.302 e. The summed E-state index contributed by atoms with van der Waals surface area (Å²) in [6.45, 7) is 7.66. The molecule has 3 aliphatic rings. The smallest absolute Gasteiger partial charge is 0.302 e. The van der Waals surface area contributed by atoms with E-state index in [2.05, 4.69) is 26.0 Å². The molecule has 5 heteroatoms. The van der Waals surface area contributed by atoms with Crippen LogP contribution in [-0.2, 0) is 19.1 Å². The van der Waals surface area contributed by atoms with Crippen molar-refractivity contribution in [2.24, 2.45) is 28.6 Å². The van der Waals surface area contributed by atoms with Crippen molar-refractivity contribution < 1.29 is 19.1 Å². The van der Waals surface area contributed by atoms with Gasteiger partial charge < -0.3 is 9.47 Å². The minimum Gasteiger partial charge on any atom is -0.462 e. The number of nitrogens with zero attached hydrogens (tertiary/aromatic N) is 1. The van der Waals surface area contributed by atoms with Crippen LogP contribution in [0, 0.1) is 39.9 Å². The second-order valence-corrected chi connectivity index (χ2v) is 9.09. The highest BCUT2D eigenvalue weighted by atomic mass is 16.5. The summed E-state index contributed by atoms with van der Waals surface area (Å²) in [5.41, 5.74) is 0.816. The van der Waals surface area contributed by atoms with Gasteiger partial charge in [-0.15, -0.1) is 0 Å². The number of hydrogen-bond donors (Lipinski definition) is 0. The number of esters is 2.